The monoisotopic (exact) mass is 396 g/mol. The molecule has 3 aromatic rings. The molecule has 0 radical (unpaired) electrons. The van der Waals surface area contributed by atoms with Crippen molar-refractivity contribution in [3.63, 3.8) is 0 Å². The molecule has 0 atom stereocenters. The second-order valence-electron chi connectivity index (χ2n) is 5.32. The van der Waals surface area contributed by atoms with E-state index in [-0.39, 0.29) is 39.5 Å². The van der Waals surface area contributed by atoms with E-state index in [0.717, 1.165) is 18.2 Å². The van der Waals surface area contributed by atoms with Crippen LogP contribution in [0.25, 0.3) is 22.3 Å². The van der Waals surface area contributed by atoms with Crippen molar-refractivity contribution < 1.29 is 41.6 Å². The van der Waals surface area contributed by atoms with Gasteiger partial charge in [0.2, 0.25) is 11.2 Å². The molecule has 0 fully saturated rings. The Bertz CT molecular complexity index is 1210. The lowest BCUT2D eigenvalue weighted by Gasteiger charge is -2.11. The predicted octanol–water partition coefficient (Wildman–Crippen LogP) is 1.77. The fourth-order valence-corrected chi connectivity index (χ4v) is 2.83. The van der Waals surface area contributed by atoms with Gasteiger partial charge in [-0.15, -0.1) is 0 Å². The number of hydrogen-bond acceptors (Lipinski definition) is 9. The van der Waals surface area contributed by atoms with Crippen molar-refractivity contribution in [2.45, 2.75) is 0 Å². The van der Waals surface area contributed by atoms with Crippen LogP contribution in [0.1, 0.15) is 0 Å². The smallest absolute Gasteiger partial charge is 0.446 e. The van der Waals surface area contributed by atoms with Gasteiger partial charge < -0.3 is 28.7 Å². The summed E-state index contributed by atoms with van der Waals surface area (Å²) in [5, 5.41) is 29.2. The number of phenolic OH excluding ortho intramolecular Hbond substituents is 2. The Balaban J connectivity index is 2.23. The normalized spacial score (nSPS) is 11.5. The fourth-order valence-electron chi connectivity index (χ4n) is 2.46. The van der Waals surface area contributed by atoms with Crippen LogP contribution < -0.4 is 14.3 Å². The van der Waals surface area contributed by atoms with Gasteiger partial charge in [-0.3, -0.25) is 9.35 Å². The van der Waals surface area contributed by atoms with Crippen molar-refractivity contribution in [1.29, 1.82) is 0 Å². The van der Waals surface area contributed by atoms with Crippen molar-refractivity contribution in [2.75, 3.05) is 7.11 Å². The van der Waals surface area contributed by atoms with E-state index in [1.807, 2.05) is 0 Å². The maximum Gasteiger partial charge on any atom is 0.446 e. The number of fused-ring (bicyclic) bond motifs is 1. The Morgan fingerprint density at radius 3 is 2.37 bits per heavy atom. The number of aromatic hydroxyl groups is 3. The summed E-state index contributed by atoms with van der Waals surface area (Å²) in [6.45, 7) is 0. The molecule has 0 saturated carbocycles. The van der Waals surface area contributed by atoms with Gasteiger partial charge in [-0.2, -0.15) is 8.42 Å². The third-order valence-electron chi connectivity index (χ3n) is 3.56. The fraction of sp³-hybridized carbons (Fsp3) is 0.0625. The first-order valence-electron chi connectivity index (χ1n) is 7.17. The molecular weight excluding hydrogens is 384 g/mol. The molecule has 1 aromatic heterocycles. The Morgan fingerprint density at radius 2 is 1.74 bits per heavy atom. The third-order valence-corrected chi connectivity index (χ3v) is 3.95. The molecule has 4 N–H and O–H groups in total. The van der Waals surface area contributed by atoms with E-state index in [1.165, 1.54) is 19.2 Å². The number of methoxy groups -OCH3 is 1. The minimum atomic E-state index is -4.80. The van der Waals surface area contributed by atoms with Gasteiger partial charge in [-0.05, 0) is 18.2 Å². The summed E-state index contributed by atoms with van der Waals surface area (Å²) in [7, 11) is -3.60. The van der Waals surface area contributed by atoms with Crippen LogP contribution >= 0.6 is 0 Å². The van der Waals surface area contributed by atoms with E-state index in [9.17, 15) is 28.5 Å². The van der Waals surface area contributed by atoms with E-state index in [1.54, 1.807) is 0 Å². The molecule has 1 heterocycles. The van der Waals surface area contributed by atoms with E-state index in [4.69, 9.17) is 13.7 Å². The molecular formula is C16H12O10S. The summed E-state index contributed by atoms with van der Waals surface area (Å²) in [6, 6.07) is 5.52. The largest absolute Gasteiger partial charge is 0.508 e. The average molecular weight is 396 g/mol. The lowest BCUT2D eigenvalue weighted by Crippen LogP contribution is -2.07. The maximum absolute atomic E-state index is 12.3. The zero-order valence-electron chi connectivity index (χ0n) is 13.5. The summed E-state index contributed by atoms with van der Waals surface area (Å²) < 4.78 is 45.2. The number of rotatable bonds is 4. The van der Waals surface area contributed by atoms with Gasteiger partial charge in [0, 0.05) is 17.7 Å². The Kier molecular flexibility index (Phi) is 4.33. The van der Waals surface area contributed by atoms with E-state index < -0.39 is 27.3 Å². The highest BCUT2D eigenvalue weighted by Gasteiger charge is 2.21. The molecule has 142 valence electrons. The van der Waals surface area contributed by atoms with Crippen LogP contribution in [0.4, 0.5) is 0 Å². The number of benzene rings is 2. The highest BCUT2D eigenvalue weighted by Crippen LogP contribution is 2.38. The van der Waals surface area contributed by atoms with Crippen LogP contribution in [0, 0.1) is 0 Å². The minimum absolute atomic E-state index is 0.0915. The van der Waals surface area contributed by atoms with Gasteiger partial charge in [0.05, 0.1) is 7.11 Å². The van der Waals surface area contributed by atoms with Gasteiger partial charge in [-0.25, -0.2) is 0 Å². The Morgan fingerprint density at radius 1 is 1.04 bits per heavy atom. The Labute approximate surface area is 151 Å². The van der Waals surface area contributed by atoms with Crippen molar-refractivity contribution in [1.82, 2.24) is 0 Å². The summed E-state index contributed by atoms with van der Waals surface area (Å²) in [5.74, 6) is -2.58. The maximum atomic E-state index is 12.3. The van der Waals surface area contributed by atoms with E-state index >= 15 is 0 Å². The molecule has 0 aliphatic carbocycles. The predicted molar refractivity (Wildman–Crippen MR) is 91.6 cm³/mol. The molecule has 0 amide bonds. The number of ether oxygens (including phenoxy) is 1. The van der Waals surface area contributed by atoms with Gasteiger partial charge in [-0.1, -0.05) is 0 Å². The molecule has 0 bridgehead atoms. The first-order valence-corrected chi connectivity index (χ1v) is 8.54. The van der Waals surface area contributed by atoms with Crippen molar-refractivity contribution in [3.8, 4) is 40.1 Å². The third kappa shape index (κ3) is 3.45. The van der Waals surface area contributed by atoms with Gasteiger partial charge in [0.15, 0.2) is 17.3 Å². The van der Waals surface area contributed by atoms with Crippen molar-refractivity contribution in [2.24, 2.45) is 0 Å². The Hall–Kier alpha value is -3.44. The molecule has 2 aromatic carbocycles. The molecule has 27 heavy (non-hydrogen) atoms. The standard InChI is InChI=1S/C16H12O10S/c1-24-11-4-7(2-3-10(11)26-27(21,22)23)16-15(20)14(19)13-9(18)5-8(17)6-12(13)25-16/h2-6,17-18,20H,1H3,(H,21,22,23). The lowest BCUT2D eigenvalue weighted by atomic mass is 10.1. The summed E-state index contributed by atoms with van der Waals surface area (Å²) >= 11 is 0. The first kappa shape index (κ1) is 18.4. The number of hydrogen-bond donors (Lipinski definition) is 4. The molecule has 11 heteroatoms. The first-order chi connectivity index (χ1) is 12.6. The lowest BCUT2D eigenvalue weighted by molar-refractivity contribution is 0.360. The quantitative estimate of drug-likeness (QED) is 0.478. The summed E-state index contributed by atoms with van der Waals surface area (Å²) in [5.41, 5.74) is -1.04. The molecule has 0 aliphatic rings. The summed E-state index contributed by atoms with van der Waals surface area (Å²) in [4.78, 5) is 12.3. The topological polar surface area (TPSA) is 164 Å². The second-order valence-corrected chi connectivity index (χ2v) is 6.35. The zero-order chi connectivity index (χ0) is 19.9. The molecule has 0 spiro atoms. The molecule has 10 nitrogen and oxygen atoms in total. The van der Waals surface area contributed by atoms with Crippen LogP contribution in [0.15, 0.2) is 39.5 Å². The second kappa shape index (κ2) is 6.37. The summed E-state index contributed by atoms with van der Waals surface area (Å²) in [6.07, 6.45) is 0. The molecule has 0 unspecified atom stereocenters. The highest BCUT2D eigenvalue weighted by molar-refractivity contribution is 7.81. The minimum Gasteiger partial charge on any atom is -0.508 e. The van der Waals surface area contributed by atoms with Crippen LogP contribution in [-0.2, 0) is 10.4 Å². The van der Waals surface area contributed by atoms with Gasteiger partial charge in [0.25, 0.3) is 0 Å². The molecule has 0 aliphatic heterocycles. The van der Waals surface area contributed by atoms with Crippen LogP contribution in [0.2, 0.25) is 0 Å². The van der Waals surface area contributed by atoms with Crippen LogP contribution in [0.3, 0.4) is 0 Å². The zero-order valence-corrected chi connectivity index (χ0v) is 14.3. The average Bonchev–Trinajstić information content (AvgIpc) is 2.56. The van der Waals surface area contributed by atoms with E-state index in [2.05, 4.69) is 4.18 Å². The highest BCUT2D eigenvalue weighted by atomic mass is 32.3. The molecule has 0 saturated heterocycles. The molecule has 3 rings (SSSR count). The van der Waals surface area contributed by atoms with E-state index in [0.29, 0.717) is 0 Å². The number of phenols is 2. The van der Waals surface area contributed by atoms with Gasteiger partial charge in [0.1, 0.15) is 22.5 Å². The van der Waals surface area contributed by atoms with Crippen molar-refractivity contribution in [3.05, 3.63) is 40.6 Å². The van der Waals surface area contributed by atoms with Crippen LogP contribution in [-0.4, -0.2) is 35.4 Å². The van der Waals surface area contributed by atoms with Crippen LogP contribution in [0.5, 0.6) is 28.7 Å². The van der Waals surface area contributed by atoms with Crippen molar-refractivity contribution >= 4 is 21.4 Å². The van der Waals surface area contributed by atoms with Gasteiger partial charge >= 0.3 is 10.4 Å². The SMILES string of the molecule is COc1cc(-c2oc3cc(O)cc(O)c3c(=O)c2O)ccc1OS(=O)(=O)O.